The quantitative estimate of drug-likeness (QED) is 0.856. The Balaban J connectivity index is 1.76. The first kappa shape index (κ1) is 17.3. The van der Waals surface area contributed by atoms with Crippen LogP contribution in [0, 0.1) is 5.82 Å². The number of urea groups is 1. The molecule has 2 N–H and O–H groups in total. The van der Waals surface area contributed by atoms with Crippen LogP contribution < -0.4 is 10.1 Å². The molecule has 1 aromatic carbocycles. The number of benzene rings is 1. The number of imidazole rings is 1. The third kappa shape index (κ3) is 4.10. The van der Waals surface area contributed by atoms with Gasteiger partial charge in [0.15, 0.2) is 0 Å². The van der Waals surface area contributed by atoms with Crippen molar-refractivity contribution in [2.45, 2.75) is 38.6 Å². The summed E-state index contributed by atoms with van der Waals surface area (Å²) in [6.07, 6.45) is 7.12. The predicted molar refractivity (Wildman–Crippen MR) is 93.1 cm³/mol. The topological polar surface area (TPSA) is 70.2 Å². The zero-order valence-electron chi connectivity index (χ0n) is 14.3. The fourth-order valence-corrected chi connectivity index (χ4v) is 3.04. The maximum Gasteiger partial charge on any atom is 0.322 e. The molecule has 2 aromatic rings. The van der Waals surface area contributed by atoms with Gasteiger partial charge in [-0.15, -0.1) is 0 Å². The summed E-state index contributed by atoms with van der Waals surface area (Å²) in [6.45, 7) is 3.09. The minimum absolute atomic E-state index is 0.0794. The lowest BCUT2D eigenvalue weighted by Crippen LogP contribution is -2.41. The van der Waals surface area contributed by atoms with Crippen molar-refractivity contribution in [1.82, 2.24) is 14.9 Å². The molecule has 3 rings (SSSR count). The summed E-state index contributed by atoms with van der Waals surface area (Å²) in [5.74, 6) is 0.744. The molecule has 1 fully saturated rings. The van der Waals surface area contributed by atoms with E-state index >= 15 is 0 Å². The van der Waals surface area contributed by atoms with Crippen molar-refractivity contribution in [2.24, 2.45) is 0 Å². The molecule has 7 heteroatoms. The van der Waals surface area contributed by atoms with Gasteiger partial charge in [0.25, 0.3) is 0 Å². The number of aromatic amines is 1. The fourth-order valence-electron chi connectivity index (χ4n) is 3.04. The summed E-state index contributed by atoms with van der Waals surface area (Å²) in [7, 11) is 0. The van der Waals surface area contributed by atoms with E-state index in [2.05, 4.69) is 15.3 Å². The number of hydrogen-bond donors (Lipinski definition) is 2. The number of aromatic nitrogens is 2. The van der Waals surface area contributed by atoms with Crippen LogP contribution in [-0.2, 0) is 0 Å². The summed E-state index contributed by atoms with van der Waals surface area (Å²) in [5.41, 5.74) is 0.476. The van der Waals surface area contributed by atoms with Crippen molar-refractivity contribution >= 4 is 11.7 Å². The van der Waals surface area contributed by atoms with Gasteiger partial charge < -0.3 is 19.9 Å². The largest absolute Gasteiger partial charge is 0.491 e. The van der Waals surface area contributed by atoms with Crippen molar-refractivity contribution in [3.05, 3.63) is 42.2 Å². The molecule has 134 valence electrons. The van der Waals surface area contributed by atoms with E-state index in [9.17, 15) is 9.18 Å². The number of likely N-dealkylation sites (tertiary alicyclic amines) is 1. The van der Waals surface area contributed by atoms with Gasteiger partial charge in [0.2, 0.25) is 0 Å². The highest BCUT2D eigenvalue weighted by Crippen LogP contribution is 2.31. The molecule has 6 nitrogen and oxygen atoms in total. The van der Waals surface area contributed by atoms with Crippen molar-refractivity contribution in [1.29, 1.82) is 0 Å². The Bertz CT molecular complexity index is 705. The number of rotatable bonds is 5. The molecule has 0 radical (unpaired) electrons. The van der Waals surface area contributed by atoms with Crippen LogP contribution in [0.3, 0.4) is 0 Å². The van der Waals surface area contributed by atoms with E-state index in [-0.39, 0.29) is 12.1 Å². The Morgan fingerprint density at radius 3 is 3.12 bits per heavy atom. The maximum absolute atomic E-state index is 13.5. The Labute approximate surface area is 146 Å². The highest BCUT2D eigenvalue weighted by molar-refractivity contribution is 5.91. The normalized spacial score (nSPS) is 17.4. The number of amides is 2. The van der Waals surface area contributed by atoms with Crippen molar-refractivity contribution < 1.29 is 13.9 Å². The Kier molecular flexibility index (Phi) is 5.53. The highest BCUT2D eigenvalue weighted by Gasteiger charge is 2.30. The molecule has 2 heterocycles. The third-order valence-corrected chi connectivity index (χ3v) is 4.25. The molecular weight excluding hydrogens is 323 g/mol. The molecular formula is C18H23FN4O2. The monoisotopic (exact) mass is 346 g/mol. The van der Waals surface area contributed by atoms with E-state index in [1.54, 1.807) is 17.3 Å². The number of halogens is 1. The average molecular weight is 346 g/mol. The number of ether oxygens (including phenoxy) is 1. The fraction of sp³-hybridized carbons (Fsp3) is 0.444. The van der Waals surface area contributed by atoms with Crippen molar-refractivity contribution in [2.75, 3.05) is 18.5 Å². The highest BCUT2D eigenvalue weighted by atomic mass is 19.1. The predicted octanol–water partition coefficient (Wildman–Crippen LogP) is 4.10. The molecule has 0 bridgehead atoms. The van der Waals surface area contributed by atoms with E-state index < -0.39 is 5.82 Å². The zero-order chi connectivity index (χ0) is 17.6. The third-order valence-electron chi connectivity index (χ3n) is 4.25. The zero-order valence-corrected chi connectivity index (χ0v) is 14.3. The second kappa shape index (κ2) is 8.00. The van der Waals surface area contributed by atoms with Crippen LogP contribution in [0.15, 0.2) is 30.6 Å². The minimum atomic E-state index is -0.393. The smallest absolute Gasteiger partial charge is 0.322 e. The second-order valence-corrected chi connectivity index (χ2v) is 6.10. The molecule has 1 aliphatic rings. The van der Waals surface area contributed by atoms with Gasteiger partial charge >= 0.3 is 6.03 Å². The maximum atomic E-state index is 13.5. The summed E-state index contributed by atoms with van der Waals surface area (Å²) < 4.78 is 19.1. The van der Waals surface area contributed by atoms with Crippen molar-refractivity contribution in [3.63, 3.8) is 0 Å². The lowest BCUT2D eigenvalue weighted by atomic mass is 10.0. The summed E-state index contributed by atoms with van der Waals surface area (Å²) in [6, 6.07) is 3.84. The van der Waals surface area contributed by atoms with Gasteiger partial charge in [0.1, 0.15) is 17.4 Å². The summed E-state index contributed by atoms with van der Waals surface area (Å²) in [4.78, 5) is 22.0. The van der Waals surface area contributed by atoms with E-state index in [1.165, 1.54) is 18.2 Å². The number of anilines is 1. The first-order valence-electron chi connectivity index (χ1n) is 8.68. The number of nitrogens with zero attached hydrogens (tertiary/aromatic N) is 2. The Morgan fingerprint density at radius 2 is 2.36 bits per heavy atom. The average Bonchev–Trinajstić information content (AvgIpc) is 3.16. The first-order valence-corrected chi connectivity index (χ1v) is 8.68. The Morgan fingerprint density at radius 1 is 1.48 bits per heavy atom. The molecule has 0 saturated carbocycles. The summed E-state index contributed by atoms with van der Waals surface area (Å²) in [5, 5.41) is 2.86. The lowest BCUT2D eigenvalue weighted by Gasteiger charge is -2.34. The molecule has 2 amide bonds. The van der Waals surface area contributed by atoms with Gasteiger partial charge in [0, 0.05) is 25.0 Å². The number of piperidine rings is 1. The SMILES string of the molecule is CCCOc1cc(F)ccc1NC(=O)N1CCCC[C@H]1c1ncc[nH]1. The van der Waals surface area contributed by atoms with Gasteiger partial charge in [0.05, 0.1) is 18.3 Å². The first-order chi connectivity index (χ1) is 12.2. The molecule has 1 atom stereocenters. The minimum Gasteiger partial charge on any atom is -0.491 e. The van der Waals surface area contributed by atoms with Crippen LogP contribution in [0.2, 0.25) is 0 Å². The van der Waals surface area contributed by atoms with E-state index in [1.807, 2.05) is 6.92 Å². The van der Waals surface area contributed by atoms with E-state index in [4.69, 9.17) is 4.74 Å². The van der Waals surface area contributed by atoms with Gasteiger partial charge in [-0.2, -0.15) is 0 Å². The number of H-pyrrole nitrogens is 1. The van der Waals surface area contributed by atoms with Gasteiger partial charge in [-0.25, -0.2) is 14.2 Å². The van der Waals surface area contributed by atoms with Crippen LogP contribution in [0.4, 0.5) is 14.9 Å². The molecule has 0 spiro atoms. The van der Waals surface area contributed by atoms with Crippen LogP contribution >= 0.6 is 0 Å². The molecule has 0 aliphatic carbocycles. The number of nitrogens with one attached hydrogen (secondary N) is 2. The van der Waals surface area contributed by atoms with Crippen molar-refractivity contribution in [3.8, 4) is 5.75 Å². The summed E-state index contributed by atoms with van der Waals surface area (Å²) >= 11 is 0. The van der Waals surface area contributed by atoms with Crippen LogP contribution in [0.1, 0.15) is 44.5 Å². The van der Waals surface area contributed by atoms with E-state index in [0.29, 0.717) is 24.6 Å². The molecule has 1 aliphatic heterocycles. The lowest BCUT2D eigenvalue weighted by molar-refractivity contribution is 0.159. The standard InChI is InChI=1S/C18H23FN4O2/c1-2-11-25-16-12-13(19)6-7-14(16)22-18(24)23-10-4-3-5-15(23)17-20-8-9-21-17/h6-9,12,15H,2-5,10-11H2,1H3,(H,20,21)(H,22,24)/t15-/m0/s1. The number of carbonyl (C=O) groups is 1. The van der Waals surface area contributed by atoms with Crippen LogP contribution in [0.25, 0.3) is 0 Å². The molecule has 0 unspecified atom stereocenters. The van der Waals surface area contributed by atoms with Crippen LogP contribution in [-0.4, -0.2) is 34.1 Å². The van der Waals surface area contributed by atoms with Crippen LogP contribution in [0.5, 0.6) is 5.75 Å². The number of hydrogen-bond acceptors (Lipinski definition) is 3. The molecule has 1 saturated heterocycles. The van der Waals surface area contributed by atoms with Gasteiger partial charge in [-0.1, -0.05) is 6.92 Å². The molecule has 25 heavy (non-hydrogen) atoms. The second-order valence-electron chi connectivity index (χ2n) is 6.10. The van der Waals surface area contributed by atoms with E-state index in [0.717, 1.165) is 31.5 Å². The Hall–Kier alpha value is -2.57. The van der Waals surface area contributed by atoms with Gasteiger partial charge in [-0.05, 0) is 37.8 Å². The molecule has 1 aromatic heterocycles. The number of carbonyl (C=O) groups excluding carboxylic acids is 1. The van der Waals surface area contributed by atoms with Gasteiger partial charge in [-0.3, -0.25) is 0 Å².